The van der Waals surface area contributed by atoms with E-state index < -0.39 is 5.97 Å². The zero-order chi connectivity index (χ0) is 18.7. The minimum absolute atomic E-state index is 0.0628. The van der Waals surface area contributed by atoms with Crippen LogP contribution >= 0.6 is 0 Å². The lowest BCUT2D eigenvalue weighted by Crippen LogP contribution is -2.41. The molecule has 0 atom stereocenters. The number of likely N-dealkylation sites (tertiary alicyclic amines) is 1. The van der Waals surface area contributed by atoms with E-state index in [1.54, 1.807) is 17.0 Å². The van der Waals surface area contributed by atoms with Gasteiger partial charge in [-0.3, -0.25) is 4.79 Å². The Bertz CT molecular complexity index is 805. The van der Waals surface area contributed by atoms with Gasteiger partial charge in [0.25, 0.3) is 5.91 Å². The van der Waals surface area contributed by atoms with Gasteiger partial charge in [-0.05, 0) is 55.3 Å². The van der Waals surface area contributed by atoms with Crippen molar-refractivity contribution in [3.8, 4) is 5.75 Å². The van der Waals surface area contributed by atoms with E-state index in [1.807, 2.05) is 13.8 Å². The molecule has 2 aromatic carbocycles. The predicted molar refractivity (Wildman–Crippen MR) is 98.9 cm³/mol. The zero-order valence-corrected chi connectivity index (χ0v) is 15.1. The molecule has 1 amide bonds. The number of hydrogen-bond donors (Lipinski definition) is 1. The van der Waals surface area contributed by atoms with Gasteiger partial charge in [0.05, 0.1) is 5.56 Å². The van der Waals surface area contributed by atoms with Gasteiger partial charge in [0.15, 0.2) is 0 Å². The van der Waals surface area contributed by atoms with Crippen LogP contribution in [0.2, 0.25) is 0 Å². The van der Waals surface area contributed by atoms with E-state index in [1.165, 1.54) is 17.7 Å². The van der Waals surface area contributed by atoms with E-state index in [0.717, 1.165) is 24.2 Å². The first-order chi connectivity index (χ1) is 12.4. The fourth-order valence-electron chi connectivity index (χ4n) is 3.13. The van der Waals surface area contributed by atoms with E-state index in [0.29, 0.717) is 18.7 Å². The summed E-state index contributed by atoms with van der Waals surface area (Å²) in [5, 5.41) is 8.94. The number of hydrogen-bond acceptors (Lipinski definition) is 3. The van der Waals surface area contributed by atoms with Gasteiger partial charge in [-0.15, -0.1) is 0 Å². The lowest BCUT2D eigenvalue weighted by molar-refractivity contribution is 0.0592. The van der Waals surface area contributed by atoms with Crippen molar-refractivity contribution in [2.45, 2.75) is 32.8 Å². The Morgan fingerprint density at radius 3 is 2.23 bits per heavy atom. The van der Waals surface area contributed by atoms with Crippen molar-refractivity contribution in [3.05, 3.63) is 64.7 Å². The number of aryl methyl sites for hydroxylation is 2. The standard InChI is InChI=1S/C21H23NO4/c1-14-3-4-15(2)19(13-14)26-18-9-11-22(12-10-18)20(23)16-5-7-17(8-6-16)21(24)25/h3-8,13,18H,9-12H2,1-2H3,(H,24,25). The molecular formula is C21H23NO4. The van der Waals surface area contributed by atoms with Crippen LogP contribution in [0.25, 0.3) is 0 Å². The fourth-order valence-corrected chi connectivity index (χ4v) is 3.13. The summed E-state index contributed by atoms with van der Waals surface area (Å²) in [6.07, 6.45) is 1.67. The van der Waals surface area contributed by atoms with Gasteiger partial charge in [-0.2, -0.15) is 0 Å². The van der Waals surface area contributed by atoms with Crippen LogP contribution in [0.1, 0.15) is 44.7 Å². The smallest absolute Gasteiger partial charge is 0.335 e. The maximum absolute atomic E-state index is 12.6. The molecule has 5 heteroatoms. The van der Waals surface area contributed by atoms with E-state index in [4.69, 9.17) is 9.84 Å². The van der Waals surface area contributed by atoms with Crippen LogP contribution in [0.3, 0.4) is 0 Å². The number of ether oxygens (including phenoxy) is 1. The van der Waals surface area contributed by atoms with Crippen molar-refractivity contribution in [1.82, 2.24) is 4.90 Å². The molecule has 1 saturated heterocycles. The molecule has 2 aromatic rings. The minimum Gasteiger partial charge on any atom is -0.490 e. The normalized spacial score (nSPS) is 14.9. The van der Waals surface area contributed by atoms with Crippen molar-refractivity contribution < 1.29 is 19.4 Å². The molecule has 1 aliphatic rings. The van der Waals surface area contributed by atoms with Gasteiger partial charge >= 0.3 is 5.97 Å². The van der Waals surface area contributed by atoms with Crippen molar-refractivity contribution in [2.24, 2.45) is 0 Å². The number of carboxylic acids is 1. The Morgan fingerprint density at radius 2 is 1.62 bits per heavy atom. The maximum Gasteiger partial charge on any atom is 0.335 e. The first kappa shape index (κ1) is 18.0. The average Bonchev–Trinajstić information content (AvgIpc) is 2.65. The van der Waals surface area contributed by atoms with Crippen LogP contribution in [0, 0.1) is 13.8 Å². The molecule has 0 bridgehead atoms. The maximum atomic E-state index is 12.6. The van der Waals surface area contributed by atoms with Gasteiger partial charge in [0.1, 0.15) is 11.9 Å². The lowest BCUT2D eigenvalue weighted by atomic mass is 10.0. The van der Waals surface area contributed by atoms with Gasteiger partial charge in [-0.1, -0.05) is 12.1 Å². The van der Waals surface area contributed by atoms with Crippen LogP contribution < -0.4 is 4.74 Å². The van der Waals surface area contributed by atoms with Crippen LogP contribution in [-0.4, -0.2) is 41.1 Å². The van der Waals surface area contributed by atoms with Crippen LogP contribution in [0.4, 0.5) is 0 Å². The third-order valence-corrected chi connectivity index (χ3v) is 4.75. The summed E-state index contributed by atoms with van der Waals surface area (Å²) in [5.41, 5.74) is 2.99. The Labute approximate surface area is 153 Å². The number of carbonyl (C=O) groups excluding carboxylic acids is 1. The highest BCUT2D eigenvalue weighted by Crippen LogP contribution is 2.24. The molecule has 0 aliphatic carbocycles. The fraction of sp³-hybridized carbons (Fsp3) is 0.333. The number of nitrogens with zero attached hydrogens (tertiary/aromatic N) is 1. The van der Waals surface area contributed by atoms with Crippen molar-refractivity contribution in [2.75, 3.05) is 13.1 Å². The summed E-state index contributed by atoms with van der Waals surface area (Å²) >= 11 is 0. The second-order valence-corrected chi connectivity index (χ2v) is 6.76. The highest BCUT2D eigenvalue weighted by Gasteiger charge is 2.25. The third kappa shape index (κ3) is 4.04. The number of amides is 1. The molecule has 1 aliphatic heterocycles. The van der Waals surface area contributed by atoms with E-state index in [-0.39, 0.29) is 17.6 Å². The Hall–Kier alpha value is -2.82. The van der Waals surface area contributed by atoms with Gasteiger partial charge in [-0.25, -0.2) is 4.79 Å². The average molecular weight is 353 g/mol. The van der Waals surface area contributed by atoms with Crippen molar-refractivity contribution in [3.63, 3.8) is 0 Å². The van der Waals surface area contributed by atoms with E-state index in [2.05, 4.69) is 18.2 Å². The minimum atomic E-state index is -0.992. The van der Waals surface area contributed by atoms with E-state index >= 15 is 0 Å². The second kappa shape index (κ2) is 7.60. The first-order valence-electron chi connectivity index (χ1n) is 8.80. The summed E-state index contributed by atoms with van der Waals surface area (Å²) in [5.74, 6) is -0.139. The lowest BCUT2D eigenvalue weighted by Gasteiger charge is -2.32. The number of carboxylic acid groups (broad SMARTS) is 1. The summed E-state index contributed by atoms with van der Waals surface area (Å²) in [4.78, 5) is 25.3. The summed E-state index contributed by atoms with van der Waals surface area (Å²) < 4.78 is 6.14. The topological polar surface area (TPSA) is 66.8 Å². The molecular weight excluding hydrogens is 330 g/mol. The van der Waals surface area contributed by atoms with Gasteiger partial charge in [0, 0.05) is 31.5 Å². The number of aromatic carboxylic acids is 1. The molecule has 0 saturated carbocycles. The molecule has 5 nitrogen and oxygen atoms in total. The molecule has 0 spiro atoms. The second-order valence-electron chi connectivity index (χ2n) is 6.76. The third-order valence-electron chi connectivity index (χ3n) is 4.75. The highest BCUT2D eigenvalue weighted by molar-refractivity contribution is 5.95. The molecule has 0 unspecified atom stereocenters. The van der Waals surface area contributed by atoms with Crippen LogP contribution in [-0.2, 0) is 0 Å². The van der Waals surface area contributed by atoms with Crippen LogP contribution in [0.15, 0.2) is 42.5 Å². The van der Waals surface area contributed by atoms with Crippen LogP contribution in [0.5, 0.6) is 5.75 Å². The van der Waals surface area contributed by atoms with Gasteiger partial charge in [0.2, 0.25) is 0 Å². The predicted octanol–water partition coefficient (Wildman–Crippen LogP) is 3.69. The molecule has 3 rings (SSSR count). The number of carbonyl (C=O) groups is 2. The summed E-state index contributed by atoms with van der Waals surface area (Å²) in [6.45, 7) is 5.35. The number of benzene rings is 2. The molecule has 26 heavy (non-hydrogen) atoms. The summed E-state index contributed by atoms with van der Waals surface area (Å²) in [7, 11) is 0. The molecule has 0 radical (unpaired) electrons. The first-order valence-corrected chi connectivity index (χ1v) is 8.80. The number of rotatable bonds is 4. The summed E-state index contributed by atoms with van der Waals surface area (Å²) in [6, 6.07) is 12.3. The van der Waals surface area contributed by atoms with Gasteiger partial charge < -0.3 is 14.7 Å². The molecule has 1 heterocycles. The van der Waals surface area contributed by atoms with E-state index in [9.17, 15) is 9.59 Å². The molecule has 1 fully saturated rings. The molecule has 0 aromatic heterocycles. The zero-order valence-electron chi connectivity index (χ0n) is 15.1. The number of piperidine rings is 1. The highest BCUT2D eigenvalue weighted by atomic mass is 16.5. The largest absolute Gasteiger partial charge is 0.490 e. The molecule has 1 N–H and O–H groups in total. The quantitative estimate of drug-likeness (QED) is 0.910. The van der Waals surface area contributed by atoms with Crippen molar-refractivity contribution in [1.29, 1.82) is 0 Å². The SMILES string of the molecule is Cc1ccc(C)c(OC2CCN(C(=O)c3ccc(C(=O)O)cc3)CC2)c1. The Balaban J connectivity index is 1.58. The monoisotopic (exact) mass is 353 g/mol. The van der Waals surface area contributed by atoms with Crippen molar-refractivity contribution >= 4 is 11.9 Å². The Kier molecular flexibility index (Phi) is 5.26. The Morgan fingerprint density at radius 1 is 1.00 bits per heavy atom. The molecule has 136 valence electrons.